The summed E-state index contributed by atoms with van der Waals surface area (Å²) in [4.78, 5) is 4.09. The van der Waals surface area contributed by atoms with Gasteiger partial charge in [-0.25, -0.2) is 9.67 Å². The van der Waals surface area contributed by atoms with Crippen LogP contribution in [0.1, 0.15) is 24.1 Å². The molecule has 16 heavy (non-hydrogen) atoms. The van der Waals surface area contributed by atoms with Crippen molar-refractivity contribution in [1.82, 2.24) is 24.5 Å². The van der Waals surface area contributed by atoms with E-state index >= 15 is 0 Å². The molecular formula is C10H16N6. The summed E-state index contributed by atoms with van der Waals surface area (Å²) < 4.78 is 3.78. The Bertz CT molecular complexity index is 469. The van der Waals surface area contributed by atoms with E-state index in [9.17, 15) is 0 Å². The van der Waals surface area contributed by atoms with E-state index in [4.69, 9.17) is 5.73 Å². The van der Waals surface area contributed by atoms with Gasteiger partial charge in [0.1, 0.15) is 12.2 Å². The maximum Gasteiger partial charge on any atom is 0.141 e. The SMILES string of the molecule is CCn1nc(C)cc1Cn1ncnc1CN. The number of nitrogens with zero attached hydrogens (tertiary/aromatic N) is 5. The van der Waals surface area contributed by atoms with Crippen molar-refractivity contribution in [3.05, 3.63) is 29.6 Å². The Balaban J connectivity index is 2.26. The van der Waals surface area contributed by atoms with Crippen LogP contribution >= 0.6 is 0 Å². The van der Waals surface area contributed by atoms with Crippen molar-refractivity contribution in [2.45, 2.75) is 33.5 Å². The van der Waals surface area contributed by atoms with E-state index in [0.717, 1.165) is 23.8 Å². The number of nitrogens with two attached hydrogens (primary N) is 1. The molecule has 0 amide bonds. The maximum atomic E-state index is 5.58. The maximum absolute atomic E-state index is 5.58. The lowest BCUT2D eigenvalue weighted by atomic mass is 10.3. The van der Waals surface area contributed by atoms with Crippen LogP contribution in [0.3, 0.4) is 0 Å². The Kier molecular flexibility index (Phi) is 3.00. The van der Waals surface area contributed by atoms with Crippen molar-refractivity contribution >= 4 is 0 Å². The molecule has 2 rings (SSSR count). The monoisotopic (exact) mass is 220 g/mol. The van der Waals surface area contributed by atoms with E-state index in [-0.39, 0.29) is 0 Å². The highest BCUT2D eigenvalue weighted by Crippen LogP contribution is 2.06. The molecule has 0 radical (unpaired) electrons. The molecule has 0 saturated carbocycles. The van der Waals surface area contributed by atoms with Crippen LogP contribution in [0.25, 0.3) is 0 Å². The first-order chi connectivity index (χ1) is 7.74. The van der Waals surface area contributed by atoms with Crippen LogP contribution in [0.15, 0.2) is 12.4 Å². The van der Waals surface area contributed by atoms with Crippen LogP contribution in [-0.2, 0) is 19.6 Å². The summed E-state index contributed by atoms with van der Waals surface area (Å²) in [6.45, 7) is 5.98. The zero-order chi connectivity index (χ0) is 11.5. The summed E-state index contributed by atoms with van der Waals surface area (Å²) in [6, 6.07) is 2.06. The smallest absolute Gasteiger partial charge is 0.141 e. The minimum absolute atomic E-state index is 0.402. The number of hydrogen-bond donors (Lipinski definition) is 1. The fraction of sp³-hybridized carbons (Fsp3) is 0.500. The first-order valence-electron chi connectivity index (χ1n) is 5.34. The molecule has 0 unspecified atom stereocenters. The summed E-state index contributed by atoms with van der Waals surface area (Å²) in [5.41, 5.74) is 7.72. The molecule has 2 aromatic heterocycles. The van der Waals surface area contributed by atoms with E-state index in [1.165, 1.54) is 6.33 Å². The highest BCUT2D eigenvalue weighted by atomic mass is 15.4. The third-order valence-corrected chi connectivity index (χ3v) is 2.48. The average Bonchev–Trinajstić information content (AvgIpc) is 2.85. The van der Waals surface area contributed by atoms with Gasteiger partial charge >= 0.3 is 0 Å². The van der Waals surface area contributed by atoms with Gasteiger partial charge in [0.05, 0.1) is 24.5 Å². The highest BCUT2D eigenvalue weighted by molar-refractivity contribution is 5.09. The molecule has 0 aromatic carbocycles. The van der Waals surface area contributed by atoms with E-state index < -0.39 is 0 Å². The molecule has 2 aromatic rings. The lowest BCUT2D eigenvalue weighted by Crippen LogP contribution is -2.13. The Hall–Kier alpha value is -1.69. The van der Waals surface area contributed by atoms with Crippen LogP contribution in [0.5, 0.6) is 0 Å². The topological polar surface area (TPSA) is 74.5 Å². The second kappa shape index (κ2) is 4.44. The Morgan fingerprint density at radius 1 is 1.38 bits per heavy atom. The molecule has 86 valence electrons. The first-order valence-corrected chi connectivity index (χ1v) is 5.34. The van der Waals surface area contributed by atoms with Gasteiger partial charge in [-0.1, -0.05) is 0 Å². The summed E-state index contributed by atoms with van der Waals surface area (Å²) in [5, 5.41) is 8.54. The molecule has 0 spiro atoms. The van der Waals surface area contributed by atoms with Gasteiger partial charge < -0.3 is 5.73 Å². The fourth-order valence-corrected chi connectivity index (χ4v) is 1.73. The standard InChI is InChI=1S/C10H16N6/c1-3-15-9(4-8(2)14-15)6-16-10(5-11)12-7-13-16/h4,7H,3,5-6,11H2,1-2H3. The molecule has 2 N–H and O–H groups in total. The summed E-state index contributed by atoms with van der Waals surface area (Å²) in [5.74, 6) is 0.793. The van der Waals surface area contributed by atoms with Crippen molar-refractivity contribution in [2.24, 2.45) is 5.73 Å². The predicted octanol–water partition coefficient (Wildman–Crippen LogP) is 0.310. The Labute approximate surface area is 94.1 Å². The number of rotatable bonds is 4. The van der Waals surface area contributed by atoms with Gasteiger partial charge in [-0.3, -0.25) is 4.68 Å². The number of aromatic nitrogens is 5. The third kappa shape index (κ3) is 1.96. The van der Waals surface area contributed by atoms with Crippen LogP contribution < -0.4 is 5.73 Å². The predicted molar refractivity (Wildman–Crippen MR) is 59.7 cm³/mol. The molecule has 0 aliphatic heterocycles. The van der Waals surface area contributed by atoms with Crippen LogP contribution in [0.2, 0.25) is 0 Å². The molecule has 6 heteroatoms. The lowest BCUT2D eigenvalue weighted by molar-refractivity contribution is 0.560. The van der Waals surface area contributed by atoms with E-state index in [2.05, 4.69) is 28.2 Å². The Morgan fingerprint density at radius 3 is 2.88 bits per heavy atom. The molecule has 0 aliphatic carbocycles. The van der Waals surface area contributed by atoms with Gasteiger partial charge in [-0.05, 0) is 19.9 Å². The summed E-state index contributed by atoms with van der Waals surface area (Å²) in [7, 11) is 0. The zero-order valence-corrected chi connectivity index (χ0v) is 9.59. The summed E-state index contributed by atoms with van der Waals surface area (Å²) in [6.07, 6.45) is 1.53. The average molecular weight is 220 g/mol. The molecule has 0 bridgehead atoms. The van der Waals surface area contributed by atoms with Crippen LogP contribution in [-0.4, -0.2) is 24.5 Å². The van der Waals surface area contributed by atoms with Gasteiger partial charge in [0.25, 0.3) is 0 Å². The van der Waals surface area contributed by atoms with Gasteiger partial charge in [-0.15, -0.1) is 0 Å². The minimum atomic E-state index is 0.402. The minimum Gasteiger partial charge on any atom is -0.324 e. The van der Waals surface area contributed by atoms with Gasteiger partial charge in [0.15, 0.2) is 0 Å². The molecule has 0 fully saturated rings. The van der Waals surface area contributed by atoms with Crippen molar-refractivity contribution in [2.75, 3.05) is 0 Å². The Morgan fingerprint density at radius 2 is 2.19 bits per heavy atom. The van der Waals surface area contributed by atoms with Gasteiger partial charge in [-0.2, -0.15) is 10.2 Å². The molecule has 0 saturated heterocycles. The van der Waals surface area contributed by atoms with E-state index in [0.29, 0.717) is 13.1 Å². The normalized spacial score (nSPS) is 10.9. The number of aryl methyl sites for hydroxylation is 2. The second-order valence-electron chi connectivity index (χ2n) is 3.63. The van der Waals surface area contributed by atoms with Crippen molar-refractivity contribution in [3.8, 4) is 0 Å². The van der Waals surface area contributed by atoms with E-state index in [1.54, 1.807) is 0 Å². The van der Waals surface area contributed by atoms with Crippen LogP contribution in [0.4, 0.5) is 0 Å². The summed E-state index contributed by atoms with van der Waals surface area (Å²) >= 11 is 0. The largest absolute Gasteiger partial charge is 0.324 e. The molecular weight excluding hydrogens is 204 g/mol. The van der Waals surface area contributed by atoms with E-state index in [1.807, 2.05) is 16.3 Å². The fourth-order valence-electron chi connectivity index (χ4n) is 1.73. The van der Waals surface area contributed by atoms with Crippen LogP contribution in [0, 0.1) is 6.92 Å². The van der Waals surface area contributed by atoms with Crippen molar-refractivity contribution in [3.63, 3.8) is 0 Å². The van der Waals surface area contributed by atoms with Crippen molar-refractivity contribution in [1.29, 1.82) is 0 Å². The molecule has 0 aliphatic rings. The second-order valence-corrected chi connectivity index (χ2v) is 3.63. The highest BCUT2D eigenvalue weighted by Gasteiger charge is 2.08. The lowest BCUT2D eigenvalue weighted by Gasteiger charge is -2.06. The molecule has 6 nitrogen and oxygen atoms in total. The first kappa shape index (κ1) is 10.8. The molecule has 2 heterocycles. The quantitative estimate of drug-likeness (QED) is 0.804. The third-order valence-electron chi connectivity index (χ3n) is 2.48. The van der Waals surface area contributed by atoms with Gasteiger partial charge in [0.2, 0.25) is 0 Å². The van der Waals surface area contributed by atoms with Crippen molar-refractivity contribution < 1.29 is 0 Å². The number of hydrogen-bond acceptors (Lipinski definition) is 4. The van der Waals surface area contributed by atoms with Gasteiger partial charge in [0, 0.05) is 6.54 Å². The molecule has 0 atom stereocenters. The zero-order valence-electron chi connectivity index (χ0n) is 9.59.